The predicted molar refractivity (Wildman–Crippen MR) is 90.8 cm³/mol. The first kappa shape index (κ1) is 14.1. The van der Waals surface area contributed by atoms with Gasteiger partial charge < -0.3 is 0 Å². The molecule has 1 aromatic heterocycles. The third kappa shape index (κ3) is 2.76. The molecular weight excluding hydrogens is 354 g/mol. The number of benzene rings is 2. The summed E-state index contributed by atoms with van der Waals surface area (Å²) in [6.07, 6.45) is 0.762. The molecular formula is C16H13BrClNS. The maximum absolute atomic E-state index is 6.59. The van der Waals surface area contributed by atoms with E-state index in [0.29, 0.717) is 0 Å². The first-order valence-electron chi connectivity index (χ1n) is 6.38. The van der Waals surface area contributed by atoms with E-state index in [2.05, 4.69) is 40.0 Å². The van der Waals surface area contributed by atoms with Gasteiger partial charge in [0.15, 0.2) is 0 Å². The van der Waals surface area contributed by atoms with E-state index in [0.717, 1.165) is 21.4 Å². The number of halogens is 2. The Bertz CT molecular complexity index is 720. The number of rotatable bonds is 3. The lowest BCUT2D eigenvalue weighted by atomic mass is 10.0. The molecule has 102 valence electrons. The van der Waals surface area contributed by atoms with Crippen LogP contribution in [0.4, 0.5) is 0 Å². The minimum absolute atomic E-state index is 0.0481. The molecule has 0 aliphatic rings. The monoisotopic (exact) mass is 365 g/mol. The first-order valence-corrected chi connectivity index (χ1v) is 8.43. The Kier molecular flexibility index (Phi) is 4.11. The minimum Gasteiger partial charge on any atom is -0.241 e. The molecule has 20 heavy (non-hydrogen) atoms. The number of fused-ring (bicyclic) bond motifs is 1. The summed E-state index contributed by atoms with van der Waals surface area (Å²) in [5.41, 5.74) is 3.43. The second-order valence-corrected chi connectivity index (χ2v) is 7.20. The van der Waals surface area contributed by atoms with E-state index in [1.54, 1.807) is 11.3 Å². The van der Waals surface area contributed by atoms with Gasteiger partial charge in [-0.05, 0) is 36.2 Å². The summed E-state index contributed by atoms with van der Waals surface area (Å²) in [7, 11) is 0. The molecule has 4 heteroatoms. The molecule has 0 bridgehead atoms. The molecule has 0 amide bonds. The zero-order chi connectivity index (χ0) is 14.1. The fraction of sp³-hybridized carbons (Fsp3) is 0.188. The Labute approximate surface area is 135 Å². The van der Waals surface area contributed by atoms with Gasteiger partial charge in [0.2, 0.25) is 0 Å². The molecule has 0 saturated heterocycles. The summed E-state index contributed by atoms with van der Waals surface area (Å²) >= 11 is 11.9. The van der Waals surface area contributed by atoms with Crippen molar-refractivity contribution < 1.29 is 0 Å². The molecule has 0 aliphatic heterocycles. The molecule has 2 aromatic carbocycles. The molecule has 1 nitrogen and oxygen atoms in total. The van der Waals surface area contributed by atoms with E-state index in [1.807, 2.05) is 30.3 Å². The molecule has 0 aliphatic carbocycles. The lowest BCUT2D eigenvalue weighted by molar-refractivity contribution is 0.900. The molecule has 1 heterocycles. The van der Waals surface area contributed by atoms with E-state index in [9.17, 15) is 0 Å². The van der Waals surface area contributed by atoms with Gasteiger partial charge in [-0.15, -0.1) is 22.9 Å². The minimum atomic E-state index is -0.0481. The molecule has 0 spiro atoms. The standard InChI is InChI=1S/C16H13BrClNS/c1-10-11(5-4-6-12(10)17)13(18)9-16-19-14-7-2-3-8-15(14)20-16/h2-8,13H,9H2,1H3. The zero-order valence-corrected chi connectivity index (χ0v) is 14.1. The van der Waals surface area contributed by atoms with Crippen LogP contribution < -0.4 is 0 Å². The van der Waals surface area contributed by atoms with Crippen molar-refractivity contribution in [3.05, 3.63) is 63.1 Å². The summed E-state index contributed by atoms with van der Waals surface area (Å²) in [6, 6.07) is 14.4. The average Bonchev–Trinajstić information content (AvgIpc) is 2.83. The van der Waals surface area contributed by atoms with E-state index < -0.39 is 0 Å². The third-order valence-electron chi connectivity index (χ3n) is 3.34. The van der Waals surface area contributed by atoms with Crippen molar-refractivity contribution in [1.82, 2.24) is 4.98 Å². The van der Waals surface area contributed by atoms with E-state index in [1.165, 1.54) is 15.8 Å². The third-order valence-corrected chi connectivity index (χ3v) is 5.65. The summed E-state index contributed by atoms with van der Waals surface area (Å²) in [6.45, 7) is 2.09. The van der Waals surface area contributed by atoms with Crippen molar-refractivity contribution in [1.29, 1.82) is 0 Å². The van der Waals surface area contributed by atoms with E-state index in [-0.39, 0.29) is 5.38 Å². The molecule has 0 saturated carbocycles. The van der Waals surface area contributed by atoms with Crippen LogP contribution in [-0.2, 0) is 6.42 Å². The zero-order valence-electron chi connectivity index (χ0n) is 10.9. The van der Waals surface area contributed by atoms with Gasteiger partial charge in [-0.1, -0.05) is 40.2 Å². The molecule has 1 unspecified atom stereocenters. The van der Waals surface area contributed by atoms with Crippen molar-refractivity contribution in [3.8, 4) is 0 Å². The Hall–Kier alpha value is -0.900. The number of aromatic nitrogens is 1. The highest BCUT2D eigenvalue weighted by atomic mass is 79.9. The number of thiazole rings is 1. The topological polar surface area (TPSA) is 12.9 Å². The highest BCUT2D eigenvalue weighted by Crippen LogP contribution is 2.33. The van der Waals surface area contributed by atoms with Crippen LogP contribution in [0.2, 0.25) is 0 Å². The van der Waals surface area contributed by atoms with Crippen LogP contribution in [0, 0.1) is 6.92 Å². The van der Waals surface area contributed by atoms with Gasteiger partial charge >= 0.3 is 0 Å². The van der Waals surface area contributed by atoms with Crippen LogP contribution in [0.3, 0.4) is 0 Å². The van der Waals surface area contributed by atoms with Crippen LogP contribution in [0.15, 0.2) is 46.9 Å². The maximum Gasteiger partial charge on any atom is 0.0956 e. The van der Waals surface area contributed by atoms with Gasteiger partial charge in [0.1, 0.15) is 0 Å². The highest BCUT2D eigenvalue weighted by molar-refractivity contribution is 9.10. The second-order valence-electron chi connectivity index (χ2n) is 4.70. The number of nitrogens with zero attached hydrogens (tertiary/aromatic N) is 1. The Morgan fingerprint density at radius 1 is 1.20 bits per heavy atom. The van der Waals surface area contributed by atoms with Gasteiger partial charge in [-0.3, -0.25) is 0 Å². The highest BCUT2D eigenvalue weighted by Gasteiger charge is 2.15. The lowest BCUT2D eigenvalue weighted by Crippen LogP contribution is -1.98. The van der Waals surface area contributed by atoms with Crippen molar-refractivity contribution in [2.24, 2.45) is 0 Å². The van der Waals surface area contributed by atoms with Crippen molar-refractivity contribution in [2.75, 3.05) is 0 Å². The quantitative estimate of drug-likeness (QED) is 0.527. The van der Waals surface area contributed by atoms with E-state index >= 15 is 0 Å². The number of alkyl halides is 1. The average molecular weight is 367 g/mol. The largest absolute Gasteiger partial charge is 0.241 e. The van der Waals surface area contributed by atoms with Gasteiger partial charge in [-0.2, -0.15) is 0 Å². The molecule has 3 rings (SSSR count). The summed E-state index contributed by atoms with van der Waals surface area (Å²) in [5, 5.41) is 1.04. The van der Waals surface area contributed by atoms with Crippen LogP contribution in [-0.4, -0.2) is 4.98 Å². The number of para-hydroxylation sites is 1. The van der Waals surface area contributed by atoms with Crippen molar-refractivity contribution >= 4 is 49.1 Å². The fourth-order valence-corrected chi connectivity index (χ4v) is 4.10. The molecule has 0 radical (unpaired) electrons. The van der Waals surface area contributed by atoms with Crippen LogP contribution in [0.5, 0.6) is 0 Å². The molecule has 1 atom stereocenters. The summed E-state index contributed by atoms with van der Waals surface area (Å²) in [4.78, 5) is 4.65. The molecule has 0 fully saturated rings. The van der Waals surface area contributed by atoms with Crippen LogP contribution in [0.25, 0.3) is 10.2 Å². The predicted octanol–water partition coefficient (Wildman–Crippen LogP) is 5.89. The number of hydrogen-bond donors (Lipinski definition) is 0. The fourth-order valence-electron chi connectivity index (χ4n) is 2.23. The maximum atomic E-state index is 6.59. The van der Waals surface area contributed by atoms with Gasteiger partial charge in [-0.25, -0.2) is 4.98 Å². The Morgan fingerprint density at radius 2 is 2.00 bits per heavy atom. The summed E-state index contributed by atoms with van der Waals surface area (Å²) in [5.74, 6) is 0. The lowest BCUT2D eigenvalue weighted by Gasteiger charge is -2.12. The number of hydrogen-bond acceptors (Lipinski definition) is 2. The van der Waals surface area contributed by atoms with Gasteiger partial charge in [0, 0.05) is 10.9 Å². The smallest absolute Gasteiger partial charge is 0.0956 e. The van der Waals surface area contributed by atoms with Crippen molar-refractivity contribution in [2.45, 2.75) is 18.7 Å². The normalized spacial score (nSPS) is 12.8. The summed E-state index contributed by atoms with van der Waals surface area (Å²) < 4.78 is 2.32. The van der Waals surface area contributed by atoms with Crippen LogP contribution in [0.1, 0.15) is 21.5 Å². The Balaban J connectivity index is 1.88. The van der Waals surface area contributed by atoms with Gasteiger partial charge in [0.05, 0.1) is 20.6 Å². The first-order chi connectivity index (χ1) is 9.65. The molecule has 0 N–H and O–H groups in total. The molecule has 3 aromatic rings. The Morgan fingerprint density at radius 3 is 2.80 bits per heavy atom. The van der Waals surface area contributed by atoms with Gasteiger partial charge in [0.25, 0.3) is 0 Å². The van der Waals surface area contributed by atoms with Crippen molar-refractivity contribution in [3.63, 3.8) is 0 Å². The second kappa shape index (κ2) is 5.84. The van der Waals surface area contributed by atoms with Crippen LogP contribution >= 0.6 is 38.9 Å². The SMILES string of the molecule is Cc1c(Br)cccc1C(Cl)Cc1nc2ccccc2s1. The van der Waals surface area contributed by atoms with E-state index in [4.69, 9.17) is 11.6 Å².